The Bertz CT molecular complexity index is 566. The van der Waals surface area contributed by atoms with Gasteiger partial charge in [0.25, 0.3) is 0 Å². The first-order chi connectivity index (χ1) is 10.5. The maximum Gasteiger partial charge on any atom is 0.222 e. The van der Waals surface area contributed by atoms with Crippen molar-refractivity contribution in [2.75, 3.05) is 13.1 Å². The zero-order valence-corrected chi connectivity index (χ0v) is 13.5. The predicted octanol–water partition coefficient (Wildman–Crippen LogP) is 1.43. The van der Waals surface area contributed by atoms with Crippen molar-refractivity contribution in [1.82, 2.24) is 16.0 Å². The number of hydrogen-bond acceptors (Lipinski definition) is 3. The molecule has 1 fully saturated rings. The highest BCUT2D eigenvalue weighted by atomic mass is 35.5. The van der Waals surface area contributed by atoms with Crippen molar-refractivity contribution in [3.8, 4) is 0 Å². The minimum Gasteiger partial charge on any atom is -0.352 e. The van der Waals surface area contributed by atoms with Crippen LogP contribution in [0.5, 0.6) is 0 Å². The molecule has 2 amide bonds. The van der Waals surface area contributed by atoms with E-state index in [0.717, 1.165) is 25.1 Å². The fraction of sp³-hybridized carbons (Fsp3) is 0.467. The van der Waals surface area contributed by atoms with E-state index in [1.54, 1.807) is 0 Å². The summed E-state index contributed by atoms with van der Waals surface area (Å²) in [5, 5.41) is 8.49. The van der Waals surface area contributed by atoms with Gasteiger partial charge in [-0.1, -0.05) is 6.07 Å². The standard InChI is InChI=1S/C15H19F2N3O2.ClH/c1-9(21)19-14(12-3-2-10(16)6-13(12)17)7-15(22)20-11-4-5-18-8-11;/h2-3,6,11,14,18H,4-5,7-8H2,1H3,(H,19,21)(H,20,22);1H. The topological polar surface area (TPSA) is 70.2 Å². The summed E-state index contributed by atoms with van der Waals surface area (Å²) >= 11 is 0. The van der Waals surface area contributed by atoms with Gasteiger partial charge in [0.1, 0.15) is 11.6 Å². The van der Waals surface area contributed by atoms with Crippen LogP contribution in [-0.4, -0.2) is 30.9 Å². The molecule has 1 aliphatic heterocycles. The molecule has 3 N–H and O–H groups in total. The molecule has 1 aromatic rings. The van der Waals surface area contributed by atoms with Gasteiger partial charge in [0.15, 0.2) is 0 Å². The monoisotopic (exact) mass is 347 g/mol. The van der Waals surface area contributed by atoms with Crippen molar-refractivity contribution in [2.45, 2.75) is 31.8 Å². The van der Waals surface area contributed by atoms with Crippen LogP contribution < -0.4 is 16.0 Å². The third kappa shape index (κ3) is 5.76. The third-order valence-corrected chi connectivity index (χ3v) is 3.53. The number of halogens is 3. The van der Waals surface area contributed by atoms with Gasteiger partial charge in [-0.15, -0.1) is 12.4 Å². The molecule has 1 aliphatic rings. The van der Waals surface area contributed by atoms with E-state index in [2.05, 4.69) is 16.0 Å². The normalized spacial score (nSPS) is 18.0. The maximum absolute atomic E-state index is 13.9. The van der Waals surface area contributed by atoms with Crippen molar-refractivity contribution in [3.63, 3.8) is 0 Å². The molecule has 0 spiro atoms. The molecule has 0 saturated carbocycles. The third-order valence-electron chi connectivity index (χ3n) is 3.53. The van der Waals surface area contributed by atoms with Gasteiger partial charge in [-0.3, -0.25) is 9.59 Å². The van der Waals surface area contributed by atoms with E-state index in [-0.39, 0.29) is 42.2 Å². The number of carbonyl (C=O) groups is 2. The Morgan fingerprint density at radius 3 is 2.70 bits per heavy atom. The molecule has 8 heteroatoms. The van der Waals surface area contributed by atoms with Gasteiger partial charge >= 0.3 is 0 Å². The second-order valence-corrected chi connectivity index (χ2v) is 5.38. The molecule has 1 heterocycles. The molecule has 23 heavy (non-hydrogen) atoms. The molecule has 5 nitrogen and oxygen atoms in total. The van der Waals surface area contributed by atoms with Crippen LogP contribution >= 0.6 is 12.4 Å². The summed E-state index contributed by atoms with van der Waals surface area (Å²) in [5.41, 5.74) is 0.0938. The van der Waals surface area contributed by atoms with Crippen molar-refractivity contribution < 1.29 is 18.4 Å². The number of nitrogens with one attached hydrogen (secondary N) is 3. The molecule has 0 aromatic heterocycles. The molecule has 2 atom stereocenters. The summed E-state index contributed by atoms with van der Waals surface area (Å²) < 4.78 is 26.9. The number of hydrogen-bond donors (Lipinski definition) is 3. The predicted molar refractivity (Wildman–Crippen MR) is 84.2 cm³/mol. The lowest BCUT2D eigenvalue weighted by molar-refractivity contribution is -0.123. The Morgan fingerprint density at radius 1 is 1.39 bits per heavy atom. The van der Waals surface area contributed by atoms with E-state index in [4.69, 9.17) is 0 Å². The summed E-state index contributed by atoms with van der Waals surface area (Å²) in [4.78, 5) is 23.3. The number of amides is 2. The summed E-state index contributed by atoms with van der Waals surface area (Å²) in [6.45, 7) is 2.82. The molecular formula is C15H20ClF2N3O2. The van der Waals surface area contributed by atoms with Gasteiger partial charge in [-0.25, -0.2) is 8.78 Å². The zero-order valence-electron chi connectivity index (χ0n) is 12.7. The van der Waals surface area contributed by atoms with Crippen molar-refractivity contribution in [2.24, 2.45) is 0 Å². The van der Waals surface area contributed by atoms with E-state index in [1.165, 1.54) is 13.0 Å². The van der Waals surface area contributed by atoms with Crippen LogP contribution in [0, 0.1) is 11.6 Å². The Labute approximate surface area is 139 Å². The second-order valence-electron chi connectivity index (χ2n) is 5.38. The first-order valence-electron chi connectivity index (χ1n) is 7.18. The van der Waals surface area contributed by atoms with E-state index < -0.39 is 17.7 Å². The van der Waals surface area contributed by atoms with E-state index in [0.29, 0.717) is 6.54 Å². The molecule has 128 valence electrons. The van der Waals surface area contributed by atoms with Crippen LogP contribution in [0.1, 0.15) is 31.4 Å². The highest BCUT2D eigenvalue weighted by Gasteiger charge is 2.23. The Hall–Kier alpha value is -1.73. The molecule has 2 rings (SSSR count). The Balaban J connectivity index is 0.00000264. The van der Waals surface area contributed by atoms with Crippen LogP contribution in [0.4, 0.5) is 8.78 Å². The molecule has 2 unspecified atom stereocenters. The van der Waals surface area contributed by atoms with E-state index in [9.17, 15) is 18.4 Å². The Kier molecular flexibility index (Phi) is 7.38. The summed E-state index contributed by atoms with van der Waals surface area (Å²) in [6, 6.07) is 2.31. The zero-order chi connectivity index (χ0) is 16.1. The fourth-order valence-corrected chi connectivity index (χ4v) is 2.52. The minimum absolute atomic E-state index is 0. The van der Waals surface area contributed by atoms with Crippen LogP contribution in [0.15, 0.2) is 18.2 Å². The molecule has 0 aliphatic carbocycles. The SMILES string of the molecule is CC(=O)NC(CC(=O)NC1CCNC1)c1ccc(F)cc1F.Cl. The van der Waals surface area contributed by atoms with Gasteiger partial charge in [-0.2, -0.15) is 0 Å². The highest BCUT2D eigenvalue weighted by molar-refractivity contribution is 5.85. The average molecular weight is 348 g/mol. The molecule has 0 radical (unpaired) electrons. The molecule has 0 bridgehead atoms. The van der Waals surface area contributed by atoms with Crippen molar-refractivity contribution >= 4 is 24.2 Å². The quantitative estimate of drug-likeness (QED) is 0.754. The summed E-state index contributed by atoms with van der Waals surface area (Å²) in [7, 11) is 0. The first-order valence-corrected chi connectivity index (χ1v) is 7.18. The van der Waals surface area contributed by atoms with Gasteiger partial charge in [0, 0.05) is 31.1 Å². The minimum atomic E-state index is -0.826. The maximum atomic E-state index is 13.9. The van der Waals surface area contributed by atoms with Gasteiger partial charge in [-0.05, 0) is 19.0 Å². The second kappa shape index (κ2) is 8.79. The first kappa shape index (κ1) is 19.3. The number of benzene rings is 1. The molecular weight excluding hydrogens is 328 g/mol. The van der Waals surface area contributed by atoms with Crippen LogP contribution in [0.25, 0.3) is 0 Å². The van der Waals surface area contributed by atoms with Gasteiger partial charge in [0.2, 0.25) is 11.8 Å². The smallest absolute Gasteiger partial charge is 0.222 e. The van der Waals surface area contributed by atoms with Crippen molar-refractivity contribution in [1.29, 1.82) is 0 Å². The molecule has 1 aromatic carbocycles. The van der Waals surface area contributed by atoms with Gasteiger partial charge < -0.3 is 16.0 Å². The average Bonchev–Trinajstić information content (AvgIpc) is 2.90. The Morgan fingerprint density at radius 2 is 2.13 bits per heavy atom. The lowest BCUT2D eigenvalue weighted by atomic mass is 10.0. The van der Waals surface area contributed by atoms with Crippen LogP contribution in [0.3, 0.4) is 0 Å². The van der Waals surface area contributed by atoms with Crippen molar-refractivity contribution in [3.05, 3.63) is 35.4 Å². The summed E-state index contributed by atoms with van der Waals surface area (Å²) in [6.07, 6.45) is 0.736. The number of carbonyl (C=O) groups excluding carboxylic acids is 2. The van der Waals surface area contributed by atoms with E-state index >= 15 is 0 Å². The largest absolute Gasteiger partial charge is 0.352 e. The van der Waals surface area contributed by atoms with Crippen LogP contribution in [0.2, 0.25) is 0 Å². The van der Waals surface area contributed by atoms with E-state index in [1.807, 2.05) is 0 Å². The highest BCUT2D eigenvalue weighted by Crippen LogP contribution is 2.21. The lowest BCUT2D eigenvalue weighted by Crippen LogP contribution is -2.39. The van der Waals surface area contributed by atoms with Crippen LogP contribution in [-0.2, 0) is 9.59 Å². The lowest BCUT2D eigenvalue weighted by Gasteiger charge is -2.20. The van der Waals surface area contributed by atoms with Gasteiger partial charge in [0.05, 0.1) is 12.5 Å². The summed E-state index contributed by atoms with van der Waals surface area (Å²) in [5.74, 6) is -2.15. The molecule has 1 saturated heterocycles. The number of rotatable bonds is 5. The fourth-order valence-electron chi connectivity index (χ4n) is 2.52.